The van der Waals surface area contributed by atoms with E-state index >= 15 is 0 Å². The molecule has 0 saturated carbocycles. The maximum absolute atomic E-state index is 13.0. The van der Waals surface area contributed by atoms with Crippen LogP contribution in [0.15, 0.2) is 48.6 Å². The molecule has 3 unspecified atom stereocenters. The molecule has 0 rings (SSSR count). The number of hydrogen-bond acceptors (Lipinski definition) is 6. The Hall–Kier alpha value is -1.54. The fourth-order valence-corrected chi connectivity index (χ4v) is 9.89. The van der Waals surface area contributed by atoms with Crippen molar-refractivity contribution in [1.82, 2.24) is 5.32 Å². The Kier molecular flexibility index (Phi) is 53.1. The van der Waals surface area contributed by atoms with Gasteiger partial charge in [0.1, 0.15) is 13.2 Å². The first-order chi connectivity index (χ1) is 35.0. The second-order valence-corrected chi connectivity index (χ2v) is 23.8. The van der Waals surface area contributed by atoms with Gasteiger partial charge in [-0.1, -0.05) is 281 Å². The highest BCUT2D eigenvalue weighted by Gasteiger charge is 2.23. The fourth-order valence-electron chi connectivity index (χ4n) is 9.16. The molecule has 3 atom stereocenters. The molecule has 0 spiro atoms. The van der Waals surface area contributed by atoms with Crippen LogP contribution in [0.3, 0.4) is 0 Å². The van der Waals surface area contributed by atoms with E-state index in [4.69, 9.17) is 9.05 Å². The Morgan fingerprint density at radius 3 is 1.17 bits per heavy atom. The normalized spacial score (nSPS) is 14.2. The molecule has 424 valence electrons. The summed E-state index contributed by atoms with van der Waals surface area (Å²) >= 11 is 0. The van der Waals surface area contributed by atoms with Gasteiger partial charge in [-0.3, -0.25) is 9.36 Å². The number of aliphatic hydroxyl groups excluding tert-OH is 1. The second kappa shape index (κ2) is 54.3. The van der Waals surface area contributed by atoms with Crippen molar-refractivity contribution in [2.75, 3.05) is 40.9 Å². The van der Waals surface area contributed by atoms with Crippen LogP contribution >= 0.6 is 7.82 Å². The van der Waals surface area contributed by atoms with Crippen molar-refractivity contribution < 1.29 is 32.9 Å². The Bertz CT molecular complexity index is 1310. The molecule has 0 heterocycles. The van der Waals surface area contributed by atoms with Gasteiger partial charge in [0.25, 0.3) is 7.82 Å². The third-order valence-corrected chi connectivity index (χ3v) is 15.0. The first-order valence-corrected chi connectivity index (χ1v) is 32.5. The van der Waals surface area contributed by atoms with Crippen molar-refractivity contribution in [3.63, 3.8) is 0 Å². The zero-order chi connectivity index (χ0) is 52.7. The summed E-state index contributed by atoms with van der Waals surface area (Å²) in [4.78, 5) is 25.5. The van der Waals surface area contributed by atoms with Crippen molar-refractivity contribution in [2.24, 2.45) is 0 Å². The number of nitrogens with zero attached hydrogens (tertiary/aromatic N) is 1. The Morgan fingerprint density at radius 1 is 0.486 bits per heavy atom. The largest absolute Gasteiger partial charge is 0.756 e. The van der Waals surface area contributed by atoms with Crippen molar-refractivity contribution in [1.29, 1.82) is 0 Å². The molecule has 0 aromatic rings. The van der Waals surface area contributed by atoms with Gasteiger partial charge in [0, 0.05) is 6.42 Å². The van der Waals surface area contributed by atoms with Crippen LogP contribution in [-0.2, 0) is 18.4 Å². The number of likely N-dealkylation sites (N-methyl/N-ethyl adjacent to an activating group) is 1. The van der Waals surface area contributed by atoms with E-state index < -0.39 is 20.0 Å². The predicted octanol–water partition coefficient (Wildman–Crippen LogP) is 18.5. The number of nitrogens with one attached hydrogen (secondary N) is 1. The predicted molar refractivity (Wildman–Crippen MR) is 311 cm³/mol. The van der Waals surface area contributed by atoms with Crippen LogP contribution in [0.1, 0.15) is 296 Å². The number of rotatable bonds is 57. The number of phosphoric ester groups is 1. The Balaban J connectivity index is 4.05. The number of hydrogen-bond donors (Lipinski definition) is 2. The van der Waals surface area contributed by atoms with Crippen LogP contribution in [0.5, 0.6) is 0 Å². The number of amides is 1. The van der Waals surface area contributed by atoms with Crippen molar-refractivity contribution in [2.45, 2.75) is 309 Å². The molecule has 72 heavy (non-hydrogen) atoms. The standard InChI is InChI=1S/C63H121N2O6P/c1-6-8-10-12-14-16-18-20-22-24-25-26-27-28-29-30-31-32-33-34-35-36-37-38-39-41-43-45-47-49-51-53-55-57-63(67)64-61(60-71-72(68,69)70-59-58-65(3,4)5)62(66)56-54-52-50-48-46-44-42-40-23-21-19-17-15-13-11-9-7-2/h18,20,24-25,27-28,54,56,61-62,66H,6-17,19,21-23,26,29-53,55,57-60H2,1-5H3,(H-,64,67,68,69)/b20-18-,25-24-,28-27-,56-54+. The van der Waals surface area contributed by atoms with E-state index in [0.29, 0.717) is 17.4 Å². The summed E-state index contributed by atoms with van der Waals surface area (Å²) in [5.41, 5.74) is 0. The molecule has 0 aromatic carbocycles. The molecule has 0 fully saturated rings. The van der Waals surface area contributed by atoms with Crippen molar-refractivity contribution >= 4 is 13.7 Å². The van der Waals surface area contributed by atoms with Crippen LogP contribution in [0.25, 0.3) is 0 Å². The lowest BCUT2D eigenvalue weighted by Crippen LogP contribution is -2.45. The van der Waals surface area contributed by atoms with Gasteiger partial charge in [-0.25, -0.2) is 0 Å². The summed E-state index contributed by atoms with van der Waals surface area (Å²) in [6.07, 6.45) is 72.0. The number of aliphatic hydroxyl groups is 1. The number of phosphoric acid groups is 1. The number of carbonyl (C=O) groups is 1. The molecule has 1 amide bonds. The number of unbranched alkanes of at least 4 members (excludes halogenated alkanes) is 38. The van der Waals surface area contributed by atoms with Gasteiger partial charge < -0.3 is 28.8 Å². The molecule has 0 aliphatic carbocycles. The van der Waals surface area contributed by atoms with Gasteiger partial charge in [-0.2, -0.15) is 0 Å². The maximum Gasteiger partial charge on any atom is 0.268 e. The molecule has 2 N–H and O–H groups in total. The average Bonchev–Trinajstić information content (AvgIpc) is 3.34. The van der Waals surface area contributed by atoms with E-state index in [-0.39, 0.29) is 19.1 Å². The lowest BCUT2D eigenvalue weighted by molar-refractivity contribution is -0.870. The van der Waals surface area contributed by atoms with E-state index in [1.807, 2.05) is 27.2 Å². The molecule has 0 aliphatic heterocycles. The Morgan fingerprint density at radius 2 is 0.806 bits per heavy atom. The van der Waals surface area contributed by atoms with Gasteiger partial charge in [0.05, 0.1) is 39.9 Å². The van der Waals surface area contributed by atoms with Crippen LogP contribution in [0.2, 0.25) is 0 Å². The van der Waals surface area contributed by atoms with Crippen molar-refractivity contribution in [3.05, 3.63) is 48.6 Å². The van der Waals surface area contributed by atoms with Gasteiger partial charge in [-0.05, 0) is 57.8 Å². The molecule has 0 saturated heterocycles. The van der Waals surface area contributed by atoms with E-state index in [1.165, 1.54) is 225 Å². The minimum Gasteiger partial charge on any atom is -0.756 e. The molecular formula is C63H121N2O6P. The minimum atomic E-state index is -4.60. The van der Waals surface area contributed by atoms with Crippen LogP contribution in [0.4, 0.5) is 0 Å². The Labute approximate surface area is 448 Å². The summed E-state index contributed by atoms with van der Waals surface area (Å²) in [5, 5.41) is 13.9. The molecule has 0 aliphatic rings. The molecule has 0 bridgehead atoms. The first kappa shape index (κ1) is 70.5. The number of carbonyl (C=O) groups excluding carboxylic acids is 1. The lowest BCUT2D eigenvalue weighted by Gasteiger charge is -2.29. The highest BCUT2D eigenvalue weighted by molar-refractivity contribution is 7.45. The topological polar surface area (TPSA) is 108 Å². The number of allylic oxidation sites excluding steroid dienone is 7. The molecule has 0 aromatic heterocycles. The van der Waals surface area contributed by atoms with E-state index in [2.05, 4.69) is 55.6 Å². The summed E-state index contributed by atoms with van der Waals surface area (Å²) in [6, 6.07) is -0.886. The fraction of sp³-hybridized carbons (Fsp3) is 0.857. The first-order valence-electron chi connectivity index (χ1n) is 31.0. The smallest absolute Gasteiger partial charge is 0.268 e. The highest BCUT2D eigenvalue weighted by atomic mass is 31.2. The summed E-state index contributed by atoms with van der Waals surface area (Å²) in [6.45, 7) is 4.67. The van der Waals surface area contributed by atoms with Gasteiger partial charge in [-0.15, -0.1) is 0 Å². The maximum atomic E-state index is 13.0. The monoisotopic (exact) mass is 1030 g/mol. The molecule has 0 radical (unpaired) electrons. The lowest BCUT2D eigenvalue weighted by atomic mass is 10.0. The van der Waals surface area contributed by atoms with Gasteiger partial charge >= 0.3 is 0 Å². The van der Waals surface area contributed by atoms with Crippen LogP contribution in [0, 0.1) is 0 Å². The highest BCUT2D eigenvalue weighted by Crippen LogP contribution is 2.38. The summed E-state index contributed by atoms with van der Waals surface area (Å²) < 4.78 is 23.4. The van der Waals surface area contributed by atoms with E-state index in [1.54, 1.807) is 6.08 Å². The van der Waals surface area contributed by atoms with Crippen molar-refractivity contribution in [3.8, 4) is 0 Å². The molecule has 9 heteroatoms. The zero-order valence-corrected chi connectivity index (χ0v) is 49.3. The summed E-state index contributed by atoms with van der Waals surface area (Å²) in [7, 11) is 1.27. The quantitative estimate of drug-likeness (QED) is 0.0272. The third kappa shape index (κ3) is 56.2. The minimum absolute atomic E-state index is 0.000171. The SMILES string of the molecule is CCCCCCC/C=C\C/C=C\C/C=C\CCCCCCCCCCCCCCCCCCCCC(=O)NC(COP(=O)([O-])OCC[N+](C)(C)C)C(O)/C=C/CCCCCCCCCCCCCCCCC. The van der Waals surface area contributed by atoms with Gasteiger partial charge in [0.2, 0.25) is 5.91 Å². The zero-order valence-electron chi connectivity index (χ0n) is 48.4. The second-order valence-electron chi connectivity index (χ2n) is 22.4. The van der Waals surface area contributed by atoms with E-state index in [0.717, 1.165) is 51.4 Å². The van der Waals surface area contributed by atoms with E-state index in [9.17, 15) is 19.4 Å². The van der Waals surface area contributed by atoms with Gasteiger partial charge in [0.15, 0.2) is 0 Å². The van der Waals surface area contributed by atoms with Crippen LogP contribution in [-0.4, -0.2) is 68.5 Å². The molecule has 8 nitrogen and oxygen atoms in total. The number of quaternary nitrogens is 1. The average molecular weight is 1030 g/mol. The third-order valence-electron chi connectivity index (χ3n) is 14.0. The summed E-state index contributed by atoms with van der Waals surface area (Å²) in [5.74, 6) is -0.194. The van der Waals surface area contributed by atoms with Crippen LogP contribution < -0.4 is 10.2 Å². The molecular weight excluding hydrogens is 912 g/mol.